The topological polar surface area (TPSA) is 9.23 Å². The lowest BCUT2D eigenvalue weighted by Crippen LogP contribution is -2.36. The molecule has 1 atom stereocenters. The van der Waals surface area contributed by atoms with Crippen LogP contribution in [0.1, 0.15) is 49.7 Å². The molecule has 6 rings (SSSR count). The van der Waals surface area contributed by atoms with Crippen LogP contribution in [0.25, 0.3) is 16.3 Å². The molecule has 0 saturated heterocycles. The third-order valence-corrected chi connectivity index (χ3v) is 7.85. The zero-order valence-electron chi connectivity index (χ0n) is 18.6. The molecule has 0 bridgehead atoms. The van der Waals surface area contributed by atoms with E-state index in [-0.39, 0.29) is 5.41 Å². The quantitative estimate of drug-likeness (QED) is 0.418. The Bertz CT molecular complexity index is 1220. The van der Waals surface area contributed by atoms with E-state index in [1.54, 1.807) is 0 Å². The summed E-state index contributed by atoms with van der Waals surface area (Å²) in [5.41, 5.74) is 5.63. The average molecular weight is 419 g/mol. The SMILES string of the molecule is C1=CC(c2ccccc2)(C2CCCCC2)CC(C2=CCOc3ccc4ccccc4c32)=C1. The lowest BCUT2D eigenvalue weighted by Gasteiger charge is -2.44. The molecule has 1 nitrogen and oxygen atoms in total. The molecule has 3 aliphatic rings. The first-order chi connectivity index (χ1) is 15.9. The minimum Gasteiger partial charge on any atom is -0.489 e. The van der Waals surface area contributed by atoms with E-state index in [1.165, 1.54) is 65.1 Å². The van der Waals surface area contributed by atoms with E-state index in [9.17, 15) is 0 Å². The first-order valence-corrected chi connectivity index (χ1v) is 12.1. The Labute approximate surface area is 191 Å². The Kier molecular flexibility index (Phi) is 4.98. The number of rotatable bonds is 3. The number of ether oxygens (including phenoxy) is 1. The summed E-state index contributed by atoms with van der Waals surface area (Å²) < 4.78 is 6.08. The Morgan fingerprint density at radius 1 is 0.812 bits per heavy atom. The largest absolute Gasteiger partial charge is 0.489 e. The molecule has 1 fully saturated rings. The van der Waals surface area contributed by atoms with Gasteiger partial charge in [-0.2, -0.15) is 0 Å². The molecular formula is C31H30O. The molecule has 1 heterocycles. The fraction of sp³-hybridized carbons (Fsp3) is 0.290. The number of fused-ring (bicyclic) bond motifs is 3. The molecule has 3 aromatic rings. The Morgan fingerprint density at radius 2 is 1.62 bits per heavy atom. The van der Waals surface area contributed by atoms with Crippen LogP contribution >= 0.6 is 0 Å². The van der Waals surface area contributed by atoms with Crippen LogP contribution in [0.3, 0.4) is 0 Å². The molecule has 0 spiro atoms. The predicted octanol–water partition coefficient (Wildman–Crippen LogP) is 8.02. The molecule has 0 aromatic heterocycles. The highest BCUT2D eigenvalue weighted by atomic mass is 16.5. The van der Waals surface area contributed by atoms with E-state index in [2.05, 4.69) is 91.0 Å². The summed E-state index contributed by atoms with van der Waals surface area (Å²) >= 11 is 0. The normalized spacial score (nSPS) is 23.2. The van der Waals surface area contributed by atoms with Crippen molar-refractivity contribution in [3.63, 3.8) is 0 Å². The second kappa shape index (κ2) is 8.13. The van der Waals surface area contributed by atoms with Crippen molar-refractivity contribution in [2.24, 2.45) is 5.92 Å². The summed E-state index contributed by atoms with van der Waals surface area (Å²) in [6, 6.07) is 24.3. The maximum Gasteiger partial charge on any atom is 0.128 e. The minimum absolute atomic E-state index is 0.0790. The van der Waals surface area contributed by atoms with Crippen molar-refractivity contribution < 1.29 is 4.74 Å². The molecule has 160 valence electrons. The Morgan fingerprint density at radius 3 is 2.50 bits per heavy atom. The predicted molar refractivity (Wildman–Crippen MR) is 134 cm³/mol. The molecule has 32 heavy (non-hydrogen) atoms. The molecule has 1 aliphatic heterocycles. The molecule has 2 aliphatic carbocycles. The van der Waals surface area contributed by atoms with E-state index < -0.39 is 0 Å². The van der Waals surface area contributed by atoms with E-state index in [0.29, 0.717) is 12.5 Å². The van der Waals surface area contributed by atoms with Gasteiger partial charge in [0.1, 0.15) is 12.4 Å². The monoisotopic (exact) mass is 418 g/mol. The summed E-state index contributed by atoms with van der Waals surface area (Å²) in [5, 5.41) is 2.56. The molecule has 0 amide bonds. The van der Waals surface area contributed by atoms with Crippen LogP contribution in [0, 0.1) is 5.92 Å². The third kappa shape index (κ3) is 3.23. The van der Waals surface area contributed by atoms with Gasteiger partial charge in [-0.25, -0.2) is 0 Å². The molecule has 1 unspecified atom stereocenters. The van der Waals surface area contributed by atoms with Gasteiger partial charge in [-0.1, -0.05) is 98.2 Å². The van der Waals surface area contributed by atoms with Gasteiger partial charge in [0.25, 0.3) is 0 Å². The summed E-state index contributed by atoms with van der Waals surface area (Å²) in [4.78, 5) is 0. The zero-order valence-corrected chi connectivity index (χ0v) is 18.6. The van der Waals surface area contributed by atoms with Crippen LogP contribution < -0.4 is 4.74 Å². The second-order valence-electron chi connectivity index (χ2n) is 9.56. The van der Waals surface area contributed by atoms with Crippen molar-refractivity contribution in [1.29, 1.82) is 0 Å². The smallest absolute Gasteiger partial charge is 0.128 e. The van der Waals surface area contributed by atoms with Crippen molar-refractivity contribution in [2.45, 2.75) is 43.9 Å². The van der Waals surface area contributed by atoms with Gasteiger partial charge in [-0.15, -0.1) is 0 Å². The van der Waals surface area contributed by atoms with Crippen LogP contribution in [-0.4, -0.2) is 6.61 Å². The lowest BCUT2D eigenvalue weighted by molar-refractivity contribution is 0.243. The summed E-state index contributed by atoms with van der Waals surface area (Å²) in [6.45, 7) is 0.642. The minimum atomic E-state index is 0.0790. The molecular weight excluding hydrogens is 388 g/mol. The van der Waals surface area contributed by atoms with E-state index in [1.807, 2.05) is 0 Å². The standard InChI is InChI=1S/C31H30O/c1-3-12-25(13-4-1)31(26-14-5-2-6-15-26)20-9-11-24(22-31)28-19-21-32-29-18-17-23-10-7-8-16-27(23)30(28)29/h1,3-4,7-13,16-20,26H,2,5-6,14-15,21-22H2. The Balaban J connectivity index is 1.46. The molecule has 1 saturated carbocycles. The summed E-state index contributed by atoms with van der Waals surface area (Å²) in [6.07, 6.45) is 17.3. The van der Waals surface area contributed by atoms with Gasteiger partial charge < -0.3 is 4.74 Å². The lowest BCUT2D eigenvalue weighted by atomic mass is 9.60. The number of hydrogen-bond acceptors (Lipinski definition) is 1. The molecule has 0 radical (unpaired) electrons. The summed E-state index contributed by atoms with van der Waals surface area (Å²) in [7, 11) is 0. The van der Waals surface area contributed by atoms with Crippen molar-refractivity contribution in [3.05, 3.63) is 108 Å². The maximum absolute atomic E-state index is 6.08. The summed E-state index contributed by atoms with van der Waals surface area (Å²) in [5.74, 6) is 1.71. The van der Waals surface area contributed by atoms with Crippen LogP contribution in [0.5, 0.6) is 5.75 Å². The van der Waals surface area contributed by atoms with Crippen molar-refractivity contribution in [1.82, 2.24) is 0 Å². The number of hydrogen-bond donors (Lipinski definition) is 0. The number of benzene rings is 3. The molecule has 0 N–H and O–H groups in total. The average Bonchev–Trinajstić information content (AvgIpc) is 2.89. The van der Waals surface area contributed by atoms with E-state index in [4.69, 9.17) is 4.74 Å². The van der Waals surface area contributed by atoms with Crippen LogP contribution in [0.4, 0.5) is 0 Å². The van der Waals surface area contributed by atoms with Gasteiger partial charge in [0, 0.05) is 11.0 Å². The third-order valence-electron chi connectivity index (χ3n) is 7.85. The first kappa shape index (κ1) is 19.6. The highest BCUT2D eigenvalue weighted by Gasteiger charge is 2.41. The highest BCUT2D eigenvalue weighted by molar-refractivity contribution is 6.01. The fourth-order valence-electron chi connectivity index (χ4n) is 6.29. The van der Waals surface area contributed by atoms with Crippen LogP contribution in [0.15, 0.2) is 96.6 Å². The second-order valence-corrected chi connectivity index (χ2v) is 9.56. The van der Waals surface area contributed by atoms with Crippen LogP contribution in [-0.2, 0) is 5.41 Å². The highest BCUT2D eigenvalue weighted by Crippen LogP contribution is 2.51. The fourth-order valence-corrected chi connectivity index (χ4v) is 6.29. The first-order valence-electron chi connectivity index (χ1n) is 12.1. The zero-order chi connectivity index (χ0) is 21.4. The molecule has 3 aromatic carbocycles. The van der Waals surface area contributed by atoms with Crippen molar-refractivity contribution in [2.75, 3.05) is 6.61 Å². The van der Waals surface area contributed by atoms with Gasteiger partial charge in [0.2, 0.25) is 0 Å². The van der Waals surface area contributed by atoms with E-state index in [0.717, 1.165) is 12.2 Å². The molecule has 1 heteroatoms. The van der Waals surface area contributed by atoms with Gasteiger partial charge in [-0.3, -0.25) is 0 Å². The van der Waals surface area contributed by atoms with Crippen LogP contribution in [0.2, 0.25) is 0 Å². The van der Waals surface area contributed by atoms with Crippen molar-refractivity contribution >= 4 is 16.3 Å². The van der Waals surface area contributed by atoms with Gasteiger partial charge >= 0.3 is 0 Å². The van der Waals surface area contributed by atoms with Gasteiger partial charge in [0.05, 0.1) is 0 Å². The van der Waals surface area contributed by atoms with E-state index >= 15 is 0 Å². The van der Waals surface area contributed by atoms with Crippen molar-refractivity contribution in [3.8, 4) is 5.75 Å². The number of allylic oxidation sites excluding steroid dienone is 5. The Hall–Kier alpha value is -3.06. The van der Waals surface area contributed by atoms with Gasteiger partial charge in [-0.05, 0) is 64.8 Å². The van der Waals surface area contributed by atoms with Gasteiger partial charge in [0.15, 0.2) is 0 Å². The maximum atomic E-state index is 6.08.